The van der Waals surface area contributed by atoms with Gasteiger partial charge in [-0.25, -0.2) is 0 Å². The lowest BCUT2D eigenvalue weighted by Crippen LogP contribution is -2.17. The highest BCUT2D eigenvalue weighted by atomic mass is 32.2. The van der Waals surface area contributed by atoms with Crippen LogP contribution in [-0.2, 0) is 9.45 Å². The third-order valence-corrected chi connectivity index (χ3v) is 1.91. The lowest BCUT2D eigenvalue weighted by atomic mass is 9.78. The van der Waals surface area contributed by atoms with E-state index in [4.69, 9.17) is 10.5 Å². The molecule has 0 aliphatic heterocycles. The van der Waals surface area contributed by atoms with Crippen molar-refractivity contribution in [3.8, 4) is 0 Å². The summed E-state index contributed by atoms with van der Waals surface area (Å²) in [6.07, 6.45) is 3.16. The summed E-state index contributed by atoms with van der Waals surface area (Å²) in [5.74, 6) is -0.751. The van der Waals surface area contributed by atoms with Crippen molar-refractivity contribution in [2.24, 2.45) is 0 Å². The molecule has 0 saturated carbocycles. The molecule has 67 valence electrons. The van der Waals surface area contributed by atoms with Gasteiger partial charge in [0.15, 0.2) is 0 Å². The highest BCUT2D eigenvalue weighted by Gasteiger charge is 2.20. The van der Waals surface area contributed by atoms with Crippen molar-refractivity contribution in [3.63, 3.8) is 0 Å². The second-order valence-electron chi connectivity index (χ2n) is 2.12. The van der Waals surface area contributed by atoms with Crippen LogP contribution in [0.4, 0.5) is 0 Å². The van der Waals surface area contributed by atoms with E-state index in [-0.39, 0.29) is 0 Å². The maximum atomic E-state index is 10.5. The molecule has 1 radical (unpaired) electrons. The fourth-order valence-corrected chi connectivity index (χ4v) is 1.12. The van der Waals surface area contributed by atoms with Crippen molar-refractivity contribution in [2.75, 3.05) is 12.0 Å². The zero-order chi connectivity index (χ0) is 9.40. The average Bonchev–Trinajstić information content (AvgIpc) is 2.04. The van der Waals surface area contributed by atoms with E-state index in [1.54, 1.807) is 11.8 Å². The van der Waals surface area contributed by atoms with Crippen molar-refractivity contribution in [3.05, 3.63) is 0 Å². The van der Waals surface area contributed by atoms with Crippen LogP contribution in [0, 0.1) is 5.41 Å². The third kappa shape index (κ3) is 5.06. The molecule has 0 aromatic carbocycles. The molecule has 0 aliphatic carbocycles. The van der Waals surface area contributed by atoms with Gasteiger partial charge in [0.25, 0.3) is 0 Å². The lowest BCUT2D eigenvalue weighted by Gasteiger charge is -2.07. The first kappa shape index (κ1) is 11.4. The lowest BCUT2D eigenvalue weighted by molar-refractivity contribution is -0.137. The van der Waals surface area contributed by atoms with Crippen molar-refractivity contribution in [2.45, 2.75) is 12.2 Å². The molecule has 0 rings (SSSR count). The molecule has 0 bridgehead atoms. The minimum atomic E-state index is -0.911. The average molecular weight is 188 g/mol. The third-order valence-electron chi connectivity index (χ3n) is 1.26. The molecule has 0 aliphatic rings. The molecule has 0 fully saturated rings. The molecule has 0 aromatic rings. The van der Waals surface area contributed by atoms with Crippen molar-refractivity contribution >= 4 is 31.6 Å². The number of rotatable bonds is 7. The van der Waals surface area contributed by atoms with Gasteiger partial charge in [0.05, 0.1) is 5.82 Å². The smallest absolute Gasteiger partial charge is 0.386 e. The molecular formula is C6H11BNO3S. The summed E-state index contributed by atoms with van der Waals surface area (Å²) in [6.45, 7) is 0. The van der Waals surface area contributed by atoms with Gasteiger partial charge in [-0.1, -0.05) is 0 Å². The molecule has 0 saturated heterocycles. The number of carbonyl (C=O) groups is 1. The Morgan fingerprint density at radius 2 is 2.58 bits per heavy atom. The van der Waals surface area contributed by atoms with Gasteiger partial charge in [-0.15, -0.1) is 0 Å². The van der Waals surface area contributed by atoms with Crippen LogP contribution in [0.1, 0.15) is 6.42 Å². The summed E-state index contributed by atoms with van der Waals surface area (Å²) in [5.41, 5.74) is 0. The quantitative estimate of drug-likeness (QED) is 0.353. The van der Waals surface area contributed by atoms with Gasteiger partial charge >= 0.3 is 13.5 Å². The van der Waals surface area contributed by atoms with Crippen LogP contribution >= 0.6 is 11.8 Å². The van der Waals surface area contributed by atoms with Gasteiger partial charge in [0, 0.05) is 0 Å². The van der Waals surface area contributed by atoms with Crippen LogP contribution in [0.15, 0.2) is 0 Å². The molecule has 6 heteroatoms. The van der Waals surface area contributed by atoms with Crippen LogP contribution in [0.2, 0.25) is 5.82 Å². The Labute approximate surface area is 76.5 Å². The van der Waals surface area contributed by atoms with Crippen molar-refractivity contribution < 1.29 is 14.6 Å². The monoisotopic (exact) mass is 188 g/mol. The standard InChI is InChI=1S/C6H11BNO3S/c1-12-3-2-5(6(9)10)7-11-4-8/h4-5,8H,2-3H2,1H3,(H,9,10). The minimum absolute atomic E-state index is 0.532. The molecule has 0 spiro atoms. The number of thioether (sulfide) groups is 1. The normalized spacial score (nSPS) is 11.8. The summed E-state index contributed by atoms with van der Waals surface area (Å²) >= 11 is 1.58. The Kier molecular flexibility index (Phi) is 6.65. The predicted molar refractivity (Wildman–Crippen MR) is 50.0 cm³/mol. The fourth-order valence-electron chi connectivity index (χ4n) is 0.629. The number of carboxylic acids is 1. The molecule has 1 atom stereocenters. The molecule has 0 amide bonds. The number of hydrogen-bond donors (Lipinski definition) is 2. The van der Waals surface area contributed by atoms with Gasteiger partial charge in [0.1, 0.15) is 6.40 Å². The van der Waals surface area contributed by atoms with Crippen LogP contribution < -0.4 is 0 Å². The predicted octanol–water partition coefficient (Wildman–Crippen LogP) is 0.855. The van der Waals surface area contributed by atoms with E-state index in [0.29, 0.717) is 6.42 Å². The van der Waals surface area contributed by atoms with Crippen LogP contribution in [-0.4, -0.2) is 37.0 Å². The molecule has 0 aromatic heterocycles. The Hall–Kier alpha value is -0.645. The van der Waals surface area contributed by atoms with Gasteiger partial charge < -0.3 is 9.76 Å². The second kappa shape index (κ2) is 7.03. The minimum Gasteiger partial charge on any atom is -0.555 e. The zero-order valence-electron chi connectivity index (χ0n) is 6.82. The molecule has 4 nitrogen and oxygen atoms in total. The summed E-state index contributed by atoms with van der Waals surface area (Å²) in [6, 6.07) is 0. The van der Waals surface area contributed by atoms with E-state index in [1.165, 1.54) is 7.48 Å². The number of aliphatic carboxylic acids is 1. The Bertz CT molecular complexity index is 156. The highest BCUT2D eigenvalue weighted by molar-refractivity contribution is 7.98. The first-order valence-corrected chi connectivity index (χ1v) is 4.81. The van der Waals surface area contributed by atoms with Crippen LogP contribution in [0.25, 0.3) is 0 Å². The summed E-state index contributed by atoms with van der Waals surface area (Å²) in [5, 5.41) is 15.2. The maximum Gasteiger partial charge on any atom is 0.386 e. The van der Waals surface area contributed by atoms with Gasteiger partial charge in [-0.3, -0.25) is 10.2 Å². The zero-order valence-corrected chi connectivity index (χ0v) is 7.63. The summed E-state index contributed by atoms with van der Waals surface area (Å²) in [4.78, 5) is 10.5. The molecule has 12 heavy (non-hydrogen) atoms. The first-order chi connectivity index (χ1) is 5.72. The number of nitrogens with one attached hydrogen (secondary N) is 1. The fraction of sp³-hybridized carbons (Fsp3) is 0.667. The van der Waals surface area contributed by atoms with E-state index < -0.39 is 11.8 Å². The Morgan fingerprint density at radius 1 is 1.92 bits per heavy atom. The Balaban J connectivity index is 3.69. The van der Waals surface area contributed by atoms with Crippen molar-refractivity contribution in [1.29, 1.82) is 5.41 Å². The molecule has 1 unspecified atom stereocenters. The van der Waals surface area contributed by atoms with Gasteiger partial charge in [-0.05, 0) is 18.4 Å². The number of hydrogen-bond acceptors (Lipinski definition) is 4. The van der Waals surface area contributed by atoms with Gasteiger partial charge in [0.2, 0.25) is 0 Å². The maximum absolute atomic E-state index is 10.5. The number of carboxylic acid groups (broad SMARTS) is 1. The van der Waals surface area contributed by atoms with E-state index in [1.807, 2.05) is 6.26 Å². The van der Waals surface area contributed by atoms with E-state index in [9.17, 15) is 4.79 Å². The second-order valence-corrected chi connectivity index (χ2v) is 3.10. The molecule has 2 N–H and O–H groups in total. The molecular weight excluding hydrogens is 177 g/mol. The first-order valence-electron chi connectivity index (χ1n) is 3.41. The Morgan fingerprint density at radius 3 is 3.00 bits per heavy atom. The van der Waals surface area contributed by atoms with E-state index in [0.717, 1.165) is 12.2 Å². The van der Waals surface area contributed by atoms with E-state index >= 15 is 0 Å². The summed E-state index contributed by atoms with van der Waals surface area (Å²) in [7, 11) is 1.17. The SMILES string of the molecule is CSCCC([B]OC=N)C(=O)O. The highest BCUT2D eigenvalue weighted by Crippen LogP contribution is 2.12. The molecule has 0 heterocycles. The van der Waals surface area contributed by atoms with E-state index in [2.05, 4.69) is 4.65 Å². The van der Waals surface area contributed by atoms with Gasteiger partial charge in [-0.2, -0.15) is 11.8 Å². The van der Waals surface area contributed by atoms with Crippen LogP contribution in [0.5, 0.6) is 0 Å². The largest absolute Gasteiger partial charge is 0.555 e. The summed E-state index contributed by atoms with van der Waals surface area (Å²) < 4.78 is 4.48. The topological polar surface area (TPSA) is 70.4 Å². The van der Waals surface area contributed by atoms with Crippen molar-refractivity contribution in [1.82, 2.24) is 0 Å². The van der Waals surface area contributed by atoms with Crippen LogP contribution in [0.3, 0.4) is 0 Å².